The van der Waals surface area contributed by atoms with Crippen LogP contribution in [-0.2, 0) is 0 Å². The molecule has 0 spiro atoms. The van der Waals surface area contributed by atoms with Gasteiger partial charge in [-0.05, 0) is 12.1 Å². The maximum Gasteiger partial charge on any atom is 0.114 e. The molecule has 0 unspecified atom stereocenters. The van der Waals surface area contributed by atoms with Crippen molar-refractivity contribution in [2.45, 2.75) is 28.5 Å². The number of halogens is 1. The summed E-state index contributed by atoms with van der Waals surface area (Å²) in [6, 6.07) is 9.64. The van der Waals surface area contributed by atoms with E-state index < -0.39 is 18.3 Å². The third kappa shape index (κ3) is 2.92. The summed E-state index contributed by atoms with van der Waals surface area (Å²) in [5, 5.41) is 28.9. The van der Waals surface area contributed by atoms with Gasteiger partial charge in [-0.3, -0.25) is 0 Å². The van der Waals surface area contributed by atoms with E-state index in [0.717, 1.165) is 4.90 Å². The average Bonchev–Trinajstić information content (AvgIpc) is 2.35. The second-order valence-corrected chi connectivity index (χ2v) is 6.04. The van der Waals surface area contributed by atoms with Crippen molar-refractivity contribution in [3.63, 3.8) is 0 Å². The van der Waals surface area contributed by atoms with Crippen LogP contribution in [0.15, 0.2) is 45.8 Å². The van der Waals surface area contributed by atoms with Gasteiger partial charge in [-0.1, -0.05) is 40.2 Å². The lowest BCUT2D eigenvalue weighted by Crippen LogP contribution is -2.46. The maximum atomic E-state index is 9.89. The summed E-state index contributed by atoms with van der Waals surface area (Å²) in [6.07, 6.45) is -1.44. The number of aliphatic hydroxyl groups is 3. The van der Waals surface area contributed by atoms with Gasteiger partial charge in [0.1, 0.15) is 12.2 Å². The second-order valence-electron chi connectivity index (χ2n) is 3.87. The smallest absolute Gasteiger partial charge is 0.114 e. The van der Waals surface area contributed by atoms with Crippen LogP contribution in [0.4, 0.5) is 0 Å². The van der Waals surface area contributed by atoms with Crippen LogP contribution in [0.3, 0.4) is 0 Å². The zero-order valence-corrected chi connectivity index (χ0v) is 11.3. The molecule has 92 valence electrons. The van der Waals surface area contributed by atoms with Crippen LogP contribution in [0, 0.1) is 0 Å². The number of thioether (sulfide) groups is 1. The minimum Gasteiger partial charge on any atom is -0.389 e. The highest BCUT2D eigenvalue weighted by atomic mass is 79.9. The van der Waals surface area contributed by atoms with Gasteiger partial charge in [0.15, 0.2) is 0 Å². The highest BCUT2D eigenvalue weighted by molar-refractivity contribution is 9.11. The molecule has 1 aromatic carbocycles. The van der Waals surface area contributed by atoms with Crippen molar-refractivity contribution >= 4 is 27.7 Å². The summed E-state index contributed by atoms with van der Waals surface area (Å²) < 4.78 is 0.517. The monoisotopic (exact) mass is 316 g/mol. The van der Waals surface area contributed by atoms with Gasteiger partial charge in [0.05, 0.1) is 11.4 Å². The molecule has 17 heavy (non-hydrogen) atoms. The largest absolute Gasteiger partial charge is 0.389 e. The van der Waals surface area contributed by atoms with Gasteiger partial charge >= 0.3 is 0 Å². The number of hydrogen-bond acceptors (Lipinski definition) is 4. The van der Waals surface area contributed by atoms with E-state index in [9.17, 15) is 15.3 Å². The fourth-order valence-electron chi connectivity index (χ4n) is 1.66. The molecule has 0 saturated heterocycles. The molecule has 0 saturated carbocycles. The standard InChI is InChI=1S/C12H13BrO3S/c13-8-6-9(11(15)12(16)10(8)14)17-7-4-2-1-3-5-7/h1-6,9-12,14-16H/t9-,10+,11+,12+/m0/s1. The zero-order chi connectivity index (χ0) is 12.4. The molecule has 2 rings (SSSR count). The van der Waals surface area contributed by atoms with Crippen LogP contribution in [0.5, 0.6) is 0 Å². The van der Waals surface area contributed by atoms with Gasteiger partial charge in [-0.15, -0.1) is 11.8 Å². The van der Waals surface area contributed by atoms with Crippen LogP contribution in [0.25, 0.3) is 0 Å². The van der Waals surface area contributed by atoms with Crippen molar-refractivity contribution in [3.05, 3.63) is 40.9 Å². The van der Waals surface area contributed by atoms with Crippen LogP contribution >= 0.6 is 27.7 Å². The van der Waals surface area contributed by atoms with E-state index in [0.29, 0.717) is 4.48 Å². The molecule has 0 aromatic heterocycles. The fraction of sp³-hybridized carbons (Fsp3) is 0.333. The van der Waals surface area contributed by atoms with Crippen LogP contribution < -0.4 is 0 Å². The molecule has 0 bridgehead atoms. The van der Waals surface area contributed by atoms with Crippen molar-refractivity contribution in [1.29, 1.82) is 0 Å². The molecular weight excluding hydrogens is 304 g/mol. The average molecular weight is 317 g/mol. The predicted octanol–water partition coefficient (Wildman–Crippen LogP) is 1.52. The molecule has 0 aliphatic heterocycles. The highest BCUT2D eigenvalue weighted by Gasteiger charge is 2.36. The predicted molar refractivity (Wildman–Crippen MR) is 71.1 cm³/mol. The number of hydrogen-bond donors (Lipinski definition) is 3. The molecule has 1 aromatic rings. The van der Waals surface area contributed by atoms with Gasteiger partial charge in [0.25, 0.3) is 0 Å². The third-order valence-electron chi connectivity index (χ3n) is 2.63. The molecule has 0 fully saturated rings. The Morgan fingerprint density at radius 3 is 2.29 bits per heavy atom. The van der Waals surface area contributed by atoms with Crippen LogP contribution in [-0.4, -0.2) is 38.9 Å². The lowest BCUT2D eigenvalue weighted by molar-refractivity contribution is -0.0441. The molecule has 4 atom stereocenters. The number of aliphatic hydroxyl groups excluding tert-OH is 3. The Bertz CT molecular complexity index is 409. The van der Waals surface area contributed by atoms with E-state index in [4.69, 9.17) is 0 Å². The van der Waals surface area contributed by atoms with Gasteiger partial charge < -0.3 is 15.3 Å². The van der Waals surface area contributed by atoms with E-state index in [-0.39, 0.29) is 5.25 Å². The fourth-order valence-corrected chi connectivity index (χ4v) is 3.53. The first-order valence-electron chi connectivity index (χ1n) is 5.22. The molecule has 1 aliphatic carbocycles. The van der Waals surface area contributed by atoms with Crippen LogP contribution in [0.1, 0.15) is 0 Å². The SMILES string of the molecule is O[C@H]1[C@H](O)[C@H](O)C(Br)=C[C@@H]1Sc1ccccc1. The molecule has 3 N–H and O–H groups in total. The summed E-state index contributed by atoms with van der Waals surface area (Å²) in [5.41, 5.74) is 0. The first-order valence-corrected chi connectivity index (χ1v) is 6.90. The van der Waals surface area contributed by atoms with E-state index in [1.807, 2.05) is 30.3 Å². The van der Waals surface area contributed by atoms with E-state index in [2.05, 4.69) is 15.9 Å². The topological polar surface area (TPSA) is 60.7 Å². The minimum atomic E-state index is -1.16. The summed E-state index contributed by atoms with van der Waals surface area (Å²) >= 11 is 4.66. The Labute approximate surface area is 112 Å². The Balaban J connectivity index is 2.16. The maximum absolute atomic E-state index is 9.89. The lowest BCUT2D eigenvalue weighted by atomic mass is 9.98. The van der Waals surface area contributed by atoms with Gasteiger partial charge in [-0.25, -0.2) is 0 Å². The number of rotatable bonds is 2. The molecule has 3 nitrogen and oxygen atoms in total. The molecular formula is C12H13BrO3S. The molecule has 1 aliphatic rings. The van der Waals surface area contributed by atoms with Crippen molar-refractivity contribution in [3.8, 4) is 0 Å². The molecule has 0 amide bonds. The van der Waals surface area contributed by atoms with Crippen molar-refractivity contribution in [2.75, 3.05) is 0 Å². The Hall–Kier alpha value is -0.330. The molecule has 5 heteroatoms. The summed E-state index contributed by atoms with van der Waals surface area (Å²) in [5.74, 6) is 0. The van der Waals surface area contributed by atoms with Gasteiger partial charge in [-0.2, -0.15) is 0 Å². The molecule has 0 heterocycles. The van der Waals surface area contributed by atoms with Gasteiger partial charge in [0.2, 0.25) is 0 Å². The minimum absolute atomic E-state index is 0.273. The summed E-state index contributed by atoms with van der Waals surface area (Å²) in [6.45, 7) is 0. The first kappa shape index (κ1) is 13.1. The Morgan fingerprint density at radius 2 is 1.65 bits per heavy atom. The van der Waals surface area contributed by atoms with Crippen LogP contribution in [0.2, 0.25) is 0 Å². The number of benzene rings is 1. The summed E-state index contributed by atoms with van der Waals surface area (Å²) in [7, 11) is 0. The van der Waals surface area contributed by atoms with Crippen molar-refractivity contribution in [1.82, 2.24) is 0 Å². The van der Waals surface area contributed by atoms with Gasteiger partial charge in [0, 0.05) is 9.38 Å². The van der Waals surface area contributed by atoms with Crippen molar-refractivity contribution in [2.24, 2.45) is 0 Å². The quantitative estimate of drug-likeness (QED) is 0.774. The highest BCUT2D eigenvalue weighted by Crippen LogP contribution is 2.34. The van der Waals surface area contributed by atoms with E-state index in [1.54, 1.807) is 6.08 Å². The summed E-state index contributed by atoms with van der Waals surface area (Å²) in [4.78, 5) is 1.01. The Kier molecular flexibility index (Phi) is 4.27. The normalized spacial score (nSPS) is 33.3. The Morgan fingerprint density at radius 1 is 1.00 bits per heavy atom. The zero-order valence-electron chi connectivity index (χ0n) is 8.90. The third-order valence-corrected chi connectivity index (χ3v) is 4.60. The first-order chi connectivity index (χ1) is 8.09. The van der Waals surface area contributed by atoms with Crippen molar-refractivity contribution < 1.29 is 15.3 Å². The van der Waals surface area contributed by atoms with E-state index in [1.165, 1.54) is 11.8 Å². The molecule has 0 radical (unpaired) electrons. The van der Waals surface area contributed by atoms with E-state index >= 15 is 0 Å². The lowest BCUT2D eigenvalue weighted by Gasteiger charge is -2.32. The second kappa shape index (κ2) is 5.54.